The molecule has 5 aliphatic rings. The van der Waals surface area contributed by atoms with E-state index < -0.39 is 11.6 Å². The lowest BCUT2D eigenvalue weighted by Gasteiger charge is -2.58. The topological polar surface area (TPSA) is 73.0 Å². The summed E-state index contributed by atoms with van der Waals surface area (Å²) in [5.74, 6) is 1.47. The third kappa shape index (κ3) is 2.20. The van der Waals surface area contributed by atoms with E-state index in [1.165, 1.54) is 12.5 Å². The minimum absolute atomic E-state index is 0.0120. The van der Waals surface area contributed by atoms with Gasteiger partial charge in [0.15, 0.2) is 18.0 Å². The van der Waals surface area contributed by atoms with Crippen LogP contribution in [0.5, 0.6) is 0 Å². The number of epoxide rings is 1. The zero-order chi connectivity index (χ0) is 19.9. The molecular formula is C23H30O5. The van der Waals surface area contributed by atoms with Gasteiger partial charge >= 0.3 is 5.97 Å². The maximum Gasteiger partial charge on any atom is 0.303 e. The lowest BCUT2D eigenvalue weighted by Crippen LogP contribution is -2.55. The number of hydrogen-bond acceptors (Lipinski definition) is 5. The van der Waals surface area contributed by atoms with E-state index in [0.29, 0.717) is 24.2 Å². The van der Waals surface area contributed by atoms with E-state index in [-0.39, 0.29) is 35.1 Å². The summed E-state index contributed by atoms with van der Waals surface area (Å²) in [5, 5.41) is 0. The highest BCUT2D eigenvalue weighted by molar-refractivity contribution is 5.94. The van der Waals surface area contributed by atoms with Crippen LogP contribution in [0.4, 0.5) is 0 Å². The Kier molecular flexibility index (Phi) is 3.82. The predicted octanol–water partition coefficient (Wildman–Crippen LogP) is 3.40. The normalized spacial score (nSPS) is 48.5. The molecule has 152 valence electrons. The van der Waals surface area contributed by atoms with Crippen LogP contribution in [0.3, 0.4) is 0 Å². The standard InChI is InChI=1S/C23H30O5/c1-13(24)27-12-19(26)23-20(28-23)11-18-16-5-4-14-10-15(25)6-8-21(14,2)17(16)7-9-22(18,23)3/h10,16-18,20H,4-9,11-12H2,1-3H3/t16-,17+,18-,20+,21+,22-,23+/m1/s1. The minimum Gasteiger partial charge on any atom is -0.458 e. The molecule has 5 heteroatoms. The van der Waals surface area contributed by atoms with Crippen LogP contribution in [-0.2, 0) is 23.9 Å². The summed E-state index contributed by atoms with van der Waals surface area (Å²) in [4.78, 5) is 36.2. The molecule has 3 saturated carbocycles. The van der Waals surface area contributed by atoms with Crippen LogP contribution in [0.2, 0.25) is 0 Å². The molecule has 0 aromatic carbocycles. The van der Waals surface area contributed by atoms with E-state index in [0.717, 1.165) is 38.5 Å². The van der Waals surface area contributed by atoms with E-state index in [1.807, 2.05) is 6.08 Å². The SMILES string of the molecule is CC(=O)OCC(=O)[C@]12O[C@H]1C[C@@H]1[C@@H]3CCC4=CC(=O)CC[C@]4(C)[C@H]3CC[C@]12C. The van der Waals surface area contributed by atoms with Crippen LogP contribution < -0.4 is 0 Å². The monoisotopic (exact) mass is 386 g/mol. The van der Waals surface area contributed by atoms with Crippen molar-refractivity contribution in [3.8, 4) is 0 Å². The van der Waals surface area contributed by atoms with Gasteiger partial charge in [0.25, 0.3) is 0 Å². The first-order valence-corrected chi connectivity index (χ1v) is 10.8. The smallest absolute Gasteiger partial charge is 0.303 e. The summed E-state index contributed by atoms with van der Waals surface area (Å²) >= 11 is 0. The number of carbonyl (C=O) groups excluding carboxylic acids is 3. The molecule has 0 radical (unpaired) electrons. The molecule has 7 atom stereocenters. The molecule has 0 bridgehead atoms. The van der Waals surface area contributed by atoms with Crippen molar-refractivity contribution in [3.63, 3.8) is 0 Å². The van der Waals surface area contributed by atoms with E-state index in [2.05, 4.69) is 13.8 Å². The van der Waals surface area contributed by atoms with Crippen molar-refractivity contribution >= 4 is 17.5 Å². The van der Waals surface area contributed by atoms with Gasteiger partial charge in [0.1, 0.15) is 0 Å². The van der Waals surface area contributed by atoms with E-state index in [9.17, 15) is 14.4 Å². The molecule has 1 heterocycles. The molecule has 28 heavy (non-hydrogen) atoms. The second kappa shape index (κ2) is 5.78. The Hall–Kier alpha value is -1.49. The Morgan fingerprint density at radius 1 is 1.18 bits per heavy atom. The first kappa shape index (κ1) is 18.5. The fraction of sp³-hybridized carbons (Fsp3) is 0.783. The zero-order valence-electron chi connectivity index (χ0n) is 17.1. The molecule has 0 unspecified atom stereocenters. The van der Waals surface area contributed by atoms with Crippen molar-refractivity contribution in [2.75, 3.05) is 6.61 Å². The van der Waals surface area contributed by atoms with Crippen LogP contribution in [0.15, 0.2) is 11.6 Å². The van der Waals surface area contributed by atoms with Gasteiger partial charge < -0.3 is 9.47 Å². The average molecular weight is 386 g/mol. The molecule has 0 amide bonds. The number of allylic oxidation sites excluding steroid dienone is 1. The first-order valence-electron chi connectivity index (χ1n) is 10.8. The maximum atomic E-state index is 13.0. The van der Waals surface area contributed by atoms with Gasteiger partial charge in [-0.3, -0.25) is 14.4 Å². The van der Waals surface area contributed by atoms with Gasteiger partial charge in [-0.05, 0) is 67.8 Å². The molecule has 4 fully saturated rings. The number of ether oxygens (including phenoxy) is 2. The highest BCUT2D eigenvalue weighted by Gasteiger charge is 2.80. The number of Topliss-reactive ketones (excluding diaryl/α,β-unsaturated/α-hetero) is 1. The number of fused-ring (bicyclic) bond motifs is 7. The fourth-order valence-electron chi connectivity index (χ4n) is 7.75. The summed E-state index contributed by atoms with van der Waals surface area (Å²) < 4.78 is 11.1. The van der Waals surface area contributed by atoms with Crippen molar-refractivity contribution in [1.82, 2.24) is 0 Å². The molecular weight excluding hydrogens is 356 g/mol. The minimum atomic E-state index is -0.738. The Labute approximate surface area is 166 Å². The molecule has 0 aromatic heterocycles. The quantitative estimate of drug-likeness (QED) is 0.549. The van der Waals surface area contributed by atoms with Crippen molar-refractivity contribution in [2.45, 2.75) is 77.4 Å². The fourth-order valence-corrected chi connectivity index (χ4v) is 7.75. The highest BCUT2D eigenvalue weighted by Crippen LogP contribution is 2.73. The van der Waals surface area contributed by atoms with Crippen LogP contribution >= 0.6 is 0 Å². The van der Waals surface area contributed by atoms with Crippen molar-refractivity contribution < 1.29 is 23.9 Å². The van der Waals surface area contributed by atoms with E-state index in [4.69, 9.17) is 9.47 Å². The molecule has 0 spiro atoms. The summed E-state index contributed by atoms with van der Waals surface area (Å²) in [6, 6.07) is 0. The second-order valence-corrected chi connectivity index (χ2v) is 10.2. The summed E-state index contributed by atoms with van der Waals surface area (Å²) in [5.41, 5.74) is 0.602. The second-order valence-electron chi connectivity index (χ2n) is 10.2. The van der Waals surface area contributed by atoms with Gasteiger partial charge in [-0.15, -0.1) is 0 Å². The lowest BCUT2D eigenvalue weighted by molar-refractivity contribution is -0.152. The number of rotatable bonds is 3. The lowest BCUT2D eigenvalue weighted by atomic mass is 9.46. The Balaban J connectivity index is 1.42. The molecule has 0 aromatic rings. The van der Waals surface area contributed by atoms with Crippen LogP contribution in [0.1, 0.15) is 65.7 Å². The van der Waals surface area contributed by atoms with Gasteiger partial charge in [0.2, 0.25) is 5.78 Å². The first-order chi connectivity index (χ1) is 13.2. The van der Waals surface area contributed by atoms with Gasteiger partial charge in [-0.1, -0.05) is 19.4 Å². The molecule has 5 nitrogen and oxygen atoms in total. The summed E-state index contributed by atoms with van der Waals surface area (Å²) in [6.45, 7) is 5.78. The zero-order valence-corrected chi connectivity index (χ0v) is 17.1. The molecule has 4 aliphatic carbocycles. The van der Waals surface area contributed by atoms with E-state index >= 15 is 0 Å². The molecule has 1 aliphatic heterocycles. The Morgan fingerprint density at radius 2 is 1.96 bits per heavy atom. The third-order valence-electron chi connectivity index (χ3n) is 9.21. The number of ketones is 2. The molecule has 1 saturated heterocycles. The van der Waals surface area contributed by atoms with Crippen molar-refractivity contribution in [1.29, 1.82) is 0 Å². The van der Waals surface area contributed by atoms with Gasteiger partial charge in [-0.25, -0.2) is 0 Å². The number of carbonyl (C=O) groups is 3. The summed E-state index contributed by atoms with van der Waals surface area (Å²) in [7, 11) is 0. The van der Waals surface area contributed by atoms with Gasteiger partial charge in [0, 0.05) is 18.8 Å². The Bertz CT molecular complexity index is 799. The van der Waals surface area contributed by atoms with Crippen molar-refractivity contribution in [3.05, 3.63) is 11.6 Å². The number of hydrogen-bond donors (Lipinski definition) is 0. The Morgan fingerprint density at radius 3 is 2.71 bits per heavy atom. The van der Waals surface area contributed by atoms with Crippen molar-refractivity contribution in [2.24, 2.45) is 28.6 Å². The van der Waals surface area contributed by atoms with Gasteiger partial charge in [-0.2, -0.15) is 0 Å². The summed E-state index contributed by atoms with van der Waals surface area (Å²) in [6.07, 6.45) is 8.68. The van der Waals surface area contributed by atoms with E-state index in [1.54, 1.807) is 0 Å². The predicted molar refractivity (Wildman–Crippen MR) is 101 cm³/mol. The van der Waals surface area contributed by atoms with Crippen LogP contribution in [0, 0.1) is 28.6 Å². The van der Waals surface area contributed by atoms with Gasteiger partial charge in [0.05, 0.1) is 6.10 Å². The van der Waals surface area contributed by atoms with Crippen LogP contribution in [0.25, 0.3) is 0 Å². The number of esters is 1. The maximum absolute atomic E-state index is 13.0. The highest BCUT2D eigenvalue weighted by atomic mass is 16.6. The average Bonchev–Trinajstić information content (AvgIpc) is 3.32. The van der Waals surface area contributed by atoms with Crippen LogP contribution in [-0.4, -0.2) is 35.8 Å². The molecule has 5 rings (SSSR count). The third-order valence-corrected chi connectivity index (χ3v) is 9.21. The molecule has 0 N–H and O–H groups in total. The largest absolute Gasteiger partial charge is 0.458 e.